The molecule has 0 aliphatic heterocycles. The van der Waals surface area contributed by atoms with E-state index in [0.717, 1.165) is 33.6 Å². The molecular formula is C23H21N3O6S. The van der Waals surface area contributed by atoms with Crippen LogP contribution in [0.25, 0.3) is 11.1 Å². The van der Waals surface area contributed by atoms with Gasteiger partial charge in [-0.05, 0) is 22.3 Å². The molecule has 1 aliphatic rings. The quantitative estimate of drug-likeness (QED) is 0.399. The lowest BCUT2D eigenvalue weighted by molar-refractivity contribution is -0.139. The van der Waals surface area contributed by atoms with Crippen LogP contribution in [0.1, 0.15) is 33.1 Å². The second-order valence-corrected chi connectivity index (χ2v) is 8.47. The highest BCUT2D eigenvalue weighted by Crippen LogP contribution is 2.44. The molecule has 4 N–H and O–H groups in total. The van der Waals surface area contributed by atoms with Gasteiger partial charge in [-0.2, -0.15) is 0 Å². The number of carboxylic acid groups (broad SMARTS) is 1. The minimum absolute atomic E-state index is 0.0713. The molecule has 0 radical (unpaired) electrons. The fraction of sp³-hybridized carbons (Fsp3) is 0.217. The predicted octanol–water partition coefficient (Wildman–Crippen LogP) is 3.07. The topological polar surface area (TPSA) is 138 Å². The monoisotopic (exact) mass is 467 g/mol. The summed E-state index contributed by atoms with van der Waals surface area (Å²) in [6, 6.07) is 16.0. The zero-order valence-electron chi connectivity index (χ0n) is 17.4. The minimum atomic E-state index is -1.20. The van der Waals surface area contributed by atoms with Crippen molar-refractivity contribution >= 4 is 34.4 Å². The van der Waals surface area contributed by atoms with E-state index in [1.54, 1.807) is 0 Å². The Labute approximate surface area is 193 Å². The number of hydrogen-bond donors (Lipinski definition) is 4. The fourth-order valence-electron chi connectivity index (χ4n) is 3.73. The summed E-state index contributed by atoms with van der Waals surface area (Å²) in [5.74, 6) is -1.76. The van der Waals surface area contributed by atoms with Crippen LogP contribution in [0.5, 0.6) is 0 Å². The highest BCUT2D eigenvalue weighted by molar-refractivity contribution is 7.17. The van der Waals surface area contributed by atoms with Gasteiger partial charge in [0.05, 0.1) is 18.7 Å². The van der Waals surface area contributed by atoms with Gasteiger partial charge >= 0.3 is 12.1 Å². The summed E-state index contributed by atoms with van der Waals surface area (Å²) in [6.07, 6.45) is -1.08. The number of nitrogens with zero attached hydrogens (tertiary/aromatic N) is 1. The van der Waals surface area contributed by atoms with Crippen molar-refractivity contribution in [3.63, 3.8) is 0 Å². The van der Waals surface area contributed by atoms with Gasteiger partial charge in [0, 0.05) is 12.5 Å². The lowest BCUT2D eigenvalue weighted by atomic mass is 9.98. The molecule has 170 valence electrons. The second-order valence-electron chi connectivity index (χ2n) is 7.44. The van der Waals surface area contributed by atoms with Gasteiger partial charge in [-0.15, -0.1) is 0 Å². The summed E-state index contributed by atoms with van der Waals surface area (Å²) >= 11 is 0.937. The van der Waals surface area contributed by atoms with Crippen LogP contribution in [0.2, 0.25) is 0 Å². The first-order chi connectivity index (χ1) is 15.9. The van der Waals surface area contributed by atoms with Crippen LogP contribution in [-0.4, -0.2) is 52.4 Å². The summed E-state index contributed by atoms with van der Waals surface area (Å²) in [4.78, 5) is 39.2. The molecule has 0 saturated heterocycles. The molecule has 33 heavy (non-hydrogen) atoms. The Kier molecular flexibility index (Phi) is 6.66. The van der Waals surface area contributed by atoms with E-state index >= 15 is 0 Å². The third-order valence-electron chi connectivity index (χ3n) is 5.19. The number of aliphatic hydroxyl groups is 1. The van der Waals surface area contributed by atoms with Crippen molar-refractivity contribution in [3.8, 4) is 11.1 Å². The van der Waals surface area contributed by atoms with E-state index < -0.39 is 30.5 Å². The van der Waals surface area contributed by atoms with E-state index in [9.17, 15) is 19.5 Å². The molecule has 2 aromatic carbocycles. The number of aliphatic hydroxyl groups excluding tert-OH is 1. The Balaban J connectivity index is 1.32. The zero-order chi connectivity index (χ0) is 23.4. The van der Waals surface area contributed by atoms with Gasteiger partial charge in [-0.3, -0.25) is 14.9 Å². The number of carbonyl (C=O) groups excluding carboxylic acids is 2. The molecule has 1 atom stereocenters. The molecule has 0 saturated carbocycles. The summed E-state index contributed by atoms with van der Waals surface area (Å²) in [5.41, 5.74) is 4.46. The summed E-state index contributed by atoms with van der Waals surface area (Å²) in [6.45, 7) is -0.0573. The van der Waals surface area contributed by atoms with Gasteiger partial charge in [-0.1, -0.05) is 59.9 Å². The van der Waals surface area contributed by atoms with Gasteiger partial charge in [0.2, 0.25) is 0 Å². The van der Waals surface area contributed by atoms with E-state index in [1.807, 2.05) is 36.4 Å². The summed E-state index contributed by atoms with van der Waals surface area (Å²) in [7, 11) is 0. The molecule has 1 unspecified atom stereocenters. The van der Waals surface area contributed by atoms with E-state index in [2.05, 4.69) is 27.8 Å². The Morgan fingerprint density at radius 3 is 2.33 bits per heavy atom. The van der Waals surface area contributed by atoms with Crippen molar-refractivity contribution < 1.29 is 29.3 Å². The van der Waals surface area contributed by atoms with Crippen molar-refractivity contribution in [3.05, 3.63) is 70.7 Å². The smallest absolute Gasteiger partial charge is 0.413 e. The number of thiazole rings is 1. The van der Waals surface area contributed by atoms with Crippen LogP contribution in [0.3, 0.4) is 0 Å². The standard InChI is InChI=1S/C23H21N3O6S/c27-13(9-20(28)29)10-24-21(30)19-11-25-22(33-19)26-23(31)32-12-18-16-7-3-1-5-14(16)15-6-2-4-8-17(15)18/h1-8,11,13,18,27H,9-10,12H2,(H,24,30)(H,28,29)(H,25,26,31). The lowest BCUT2D eigenvalue weighted by Crippen LogP contribution is -2.32. The van der Waals surface area contributed by atoms with Crippen LogP contribution >= 0.6 is 11.3 Å². The molecule has 10 heteroatoms. The lowest BCUT2D eigenvalue weighted by Gasteiger charge is -2.14. The number of fused-ring (bicyclic) bond motifs is 3. The third kappa shape index (κ3) is 5.18. The van der Waals surface area contributed by atoms with Crippen LogP contribution in [0, 0.1) is 0 Å². The van der Waals surface area contributed by atoms with Crippen molar-refractivity contribution in [2.24, 2.45) is 0 Å². The summed E-state index contributed by atoms with van der Waals surface area (Å²) in [5, 5.41) is 23.3. The second kappa shape index (κ2) is 9.80. The van der Waals surface area contributed by atoms with Gasteiger partial charge in [-0.25, -0.2) is 9.78 Å². The number of carbonyl (C=O) groups is 3. The van der Waals surface area contributed by atoms with Gasteiger partial charge in [0.1, 0.15) is 11.5 Å². The van der Waals surface area contributed by atoms with Crippen LogP contribution in [0.4, 0.5) is 9.93 Å². The number of rotatable bonds is 8. The molecular weight excluding hydrogens is 446 g/mol. The van der Waals surface area contributed by atoms with Crippen molar-refractivity contribution in [2.45, 2.75) is 18.4 Å². The first kappa shape index (κ1) is 22.4. The maximum Gasteiger partial charge on any atom is 0.413 e. The number of carboxylic acids is 1. The molecule has 4 rings (SSSR count). The molecule has 1 aliphatic carbocycles. The number of nitrogens with one attached hydrogen (secondary N) is 2. The zero-order valence-corrected chi connectivity index (χ0v) is 18.2. The molecule has 2 amide bonds. The first-order valence-electron chi connectivity index (χ1n) is 10.2. The van der Waals surface area contributed by atoms with Crippen LogP contribution in [0.15, 0.2) is 54.7 Å². The van der Waals surface area contributed by atoms with E-state index in [4.69, 9.17) is 9.84 Å². The van der Waals surface area contributed by atoms with E-state index in [0.29, 0.717) is 0 Å². The molecule has 3 aromatic rings. The molecule has 0 bridgehead atoms. The minimum Gasteiger partial charge on any atom is -0.481 e. The van der Waals surface area contributed by atoms with Crippen molar-refractivity contribution in [1.82, 2.24) is 10.3 Å². The van der Waals surface area contributed by atoms with E-state index in [-0.39, 0.29) is 29.1 Å². The van der Waals surface area contributed by atoms with Crippen molar-refractivity contribution in [2.75, 3.05) is 18.5 Å². The molecule has 9 nitrogen and oxygen atoms in total. The SMILES string of the molecule is O=C(O)CC(O)CNC(=O)c1cnc(NC(=O)OCC2c3ccccc3-c3ccccc32)s1. The van der Waals surface area contributed by atoms with Gasteiger partial charge in [0.25, 0.3) is 5.91 Å². The predicted molar refractivity (Wildman–Crippen MR) is 121 cm³/mol. The number of hydrogen-bond acceptors (Lipinski definition) is 7. The number of ether oxygens (including phenoxy) is 1. The number of anilines is 1. The average Bonchev–Trinajstić information content (AvgIpc) is 3.38. The number of aromatic nitrogens is 1. The molecule has 0 fully saturated rings. The molecule has 1 heterocycles. The molecule has 0 spiro atoms. The fourth-order valence-corrected chi connectivity index (χ4v) is 4.45. The van der Waals surface area contributed by atoms with Crippen molar-refractivity contribution in [1.29, 1.82) is 0 Å². The largest absolute Gasteiger partial charge is 0.481 e. The Morgan fingerprint density at radius 2 is 1.70 bits per heavy atom. The third-order valence-corrected chi connectivity index (χ3v) is 6.10. The van der Waals surface area contributed by atoms with Crippen LogP contribution in [-0.2, 0) is 9.53 Å². The van der Waals surface area contributed by atoms with Gasteiger partial charge in [0.15, 0.2) is 5.13 Å². The number of benzene rings is 2. The Hall–Kier alpha value is -3.76. The Bertz CT molecular complexity index is 1150. The van der Waals surface area contributed by atoms with Crippen LogP contribution < -0.4 is 10.6 Å². The molecule has 1 aromatic heterocycles. The maximum atomic E-state index is 12.3. The summed E-state index contributed by atoms with van der Waals surface area (Å²) < 4.78 is 5.46. The first-order valence-corrected chi connectivity index (χ1v) is 11.0. The Morgan fingerprint density at radius 1 is 1.06 bits per heavy atom. The highest BCUT2D eigenvalue weighted by atomic mass is 32.1. The van der Waals surface area contributed by atoms with Gasteiger partial charge < -0.3 is 20.3 Å². The number of aliphatic carboxylic acids is 1. The van der Waals surface area contributed by atoms with E-state index in [1.165, 1.54) is 6.20 Å². The number of amides is 2. The maximum absolute atomic E-state index is 12.3. The highest BCUT2D eigenvalue weighted by Gasteiger charge is 2.29. The average molecular weight is 468 g/mol. The normalized spacial score (nSPS) is 13.0.